The number of benzene rings is 2. The lowest BCUT2D eigenvalue weighted by Gasteiger charge is -2.20. The number of hydrogen-bond donors (Lipinski definition) is 1. The molecule has 3 rings (SSSR count). The summed E-state index contributed by atoms with van der Waals surface area (Å²) in [6, 6.07) is 17.5. The third kappa shape index (κ3) is 4.42. The zero-order valence-electron chi connectivity index (χ0n) is 14.9. The second kappa shape index (κ2) is 8.20. The second-order valence-electron chi connectivity index (χ2n) is 5.90. The van der Waals surface area contributed by atoms with Crippen molar-refractivity contribution >= 4 is 23.2 Å². The first-order chi connectivity index (χ1) is 12.7. The van der Waals surface area contributed by atoms with Crippen molar-refractivity contribution in [3.8, 4) is 0 Å². The molecular weight excluding hydrogens is 326 g/mol. The molecule has 6 nitrogen and oxygen atoms in total. The number of carbonyl (C=O) groups excluding carboxylic acids is 1. The summed E-state index contributed by atoms with van der Waals surface area (Å²) in [6.45, 7) is 5.08. The molecule has 0 aliphatic carbocycles. The van der Waals surface area contributed by atoms with E-state index in [1.165, 1.54) is 5.56 Å². The third-order valence-corrected chi connectivity index (χ3v) is 3.97. The topological polar surface area (TPSA) is 71.0 Å². The lowest BCUT2D eigenvalue weighted by molar-refractivity contribution is 0.101. The van der Waals surface area contributed by atoms with Crippen molar-refractivity contribution in [2.24, 2.45) is 0 Å². The van der Waals surface area contributed by atoms with Crippen molar-refractivity contribution in [1.82, 2.24) is 15.2 Å². The highest BCUT2D eigenvalue weighted by Crippen LogP contribution is 2.18. The Labute approximate surface area is 152 Å². The lowest BCUT2D eigenvalue weighted by atomic mass is 10.1. The van der Waals surface area contributed by atoms with E-state index in [0.717, 1.165) is 12.2 Å². The van der Waals surface area contributed by atoms with Gasteiger partial charge < -0.3 is 10.2 Å². The Kier molecular flexibility index (Phi) is 5.53. The Morgan fingerprint density at radius 3 is 2.65 bits per heavy atom. The first-order valence-corrected chi connectivity index (χ1v) is 8.52. The Balaban J connectivity index is 1.78. The molecule has 0 fully saturated rings. The standard InChI is InChI=1S/C20H21N5O/c1-3-25(14-16-8-5-4-6-9-16)20-23-19(13-21-24-20)22-18-11-7-10-17(12-18)15(2)26/h4-13H,3,14H2,1-2H3,(H,22,23,24). The minimum absolute atomic E-state index is 0.0233. The van der Waals surface area contributed by atoms with E-state index in [2.05, 4.69) is 44.5 Å². The normalized spacial score (nSPS) is 10.4. The maximum atomic E-state index is 11.5. The molecule has 26 heavy (non-hydrogen) atoms. The molecule has 132 valence electrons. The minimum Gasteiger partial charge on any atom is -0.339 e. The van der Waals surface area contributed by atoms with Gasteiger partial charge in [0.1, 0.15) is 0 Å². The Morgan fingerprint density at radius 2 is 1.92 bits per heavy atom. The minimum atomic E-state index is 0.0233. The number of nitrogens with zero attached hydrogens (tertiary/aromatic N) is 4. The van der Waals surface area contributed by atoms with Crippen LogP contribution in [0.5, 0.6) is 0 Å². The van der Waals surface area contributed by atoms with Gasteiger partial charge in [-0.1, -0.05) is 42.5 Å². The number of hydrogen-bond acceptors (Lipinski definition) is 6. The van der Waals surface area contributed by atoms with E-state index in [-0.39, 0.29) is 5.78 Å². The van der Waals surface area contributed by atoms with Crippen LogP contribution in [0.25, 0.3) is 0 Å². The van der Waals surface area contributed by atoms with E-state index in [9.17, 15) is 4.79 Å². The highest BCUT2D eigenvalue weighted by Gasteiger charge is 2.10. The average molecular weight is 347 g/mol. The van der Waals surface area contributed by atoms with Gasteiger partial charge in [-0.25, -0.2) is 0 Å². The maximum absolute atomic E-state index is 11.5. The fourth-order valence-corrected chi connectivity index (χ4v) is 2.58. The SMILES string of the molecule is CCN(Cc1ccccc1)c1nncc(Nc2cccc(C(C)=O)c2)n1. The number of rotatable bonds is 7. The van der Waals surface area contributed by atoms with Crippen LogP contribution in [0.4, 0.5) is 17.5 Å². The predicted molar refractivity (Wildman–Crippen MR) is 103 cm³/mol. The van der Waals surface area contributed by atoms with E-state index >= 15 is 0 Å². The molecule has 0 bridgehead atoms. The van der Waals surface area contributed by atoms with E-state index in [1.54, 1.807) is 25.3 Å². The molecule has 6 heteroatoms. The third-order valence-electron chi connectivity index (χ3n) is 3.97. The molecule has 0 aliphatic rings. The van der Waals surface area contributed by atoms with Crippen LogP contribution in [0.1, 0.15) is 29.8 Å². The van der Waals surface area contributed by atoms with Gasteiger partial charge in [-0.05, 0) is 31.5 Å². The predicted octanol–water partition coefficient (Wildman–Crippen LogP) is 3.84. The summed E-state index contributed by atoms with van der Waals surface area (Å²) in [6.07, 6.45) is 1.57. The van der Waals surface area contributed by atoms with Gasteiger partial charge >= 0.3 is 0 Å². The Morgan fingerprint density at radius 1 is 1.12 bits per heavy atom. The van der Waals surface area contributed by atoms with Crippen LogP contribution < -0.4 is 10.2 Å². The highest BCUT2D eigenvalue weighted by molar-refractivity contribution is 5.95. The molecule has 1 N–H and O–H groups in total. The average Bonchev–Trinajstić information content (AvgIpc) is 2.67. The fraction of sp³-hybridized carbons (Fsp3) is 0.200. The molecule has 2 aromatic carbocycles. The van der Waals surface area contributed by atoms with Crippen LogP contribution in [0, 0.1) is 0 Å². The van der Waals surface area contributed by atoms with Crippen LogP contribution in [0.3, 0.4) is 0 Å². The molecule has 0 unspecified atom stereocenters. The van der Waals surface area contributed by atoms with Crippen molar-refractivity contribution in [3.05, 3.63) is 71.9 Å². The van der Waals surface area contributed by atoms with E-state index in [0.29, 0.717) is 23.9 Å². The lowest BCUT2D eigenvalue weighted by Crippen LogP contribution is -2.24. The molecular formula is C20H21N5O. The number of nitrogens with one attached hydrogen (secondary N) is 1. The van der Waals surface area contributed by atoms with Gasteiger partial charge in [0.05, 0.1) is 6.20 Å². The van der Waals surface area contributed by atoms with Gasteiger partial charge in [0.15, 0.2) is 11.6 Å². The number of ketones is 1. The van der Waals surface area contributed by atoms with E-state index in [1.807, 2.05) is 30.3 Å². The van der Waals surface area contributed by atoms with Crippen molar-refractivity contribution in [2.75, 3.05) is 16.8 Å². The van der Waals surface area contributed by atoms with Crippen molar-refractivity contribution < 1.29 is 4.79 Å². The van der Waals surface area contributed by atoms with Gasteiger partial charge in [0.25, 0.3) is 0 Å². The highest BCUT2D eigenvalue weighted by atomic mass is 16.1. The molecule has 1 aromatic heterocycles. The number of Topliss-reactive ketones (excluding diaryl/α,β-unsaturated/α-hetero) is 1. The second-order valence-corrected chi connectivity index (χ2v) is 5.90. The first-order valence-electron chi connectivity index (χ1n) is 8.52. The molecule has 0 radical (unpaired) electrons. The van der Waals surface area contributed by atoms with Gasteiger partial charge in [-0.15, -0.1) is 5.10 Å². The van der Waals surface area contributed by atoms with Crippen LogP contribution in [0.15, 0.2) is 60.8 Å². The van der Waals surface area contributed by atoms with Crippen molar-refractivity contribution in [1.29, 1.82) is 0 Å². The first kappa shape index (κ1) is 17.5. The zero-order valence-corrected chi connectivity index (χ0v) is 14.9. The van der Waals surface area contributed by atoms with Gasteiger partial charge in [-0.3, -0.25) is 4.79 Å². The van der Waals surface area contributed by atoms with Gasteiger partial charge in [0.2, 0.25) is 5.95 Å². The molecule has 1 heterocycles. The van der Waals surface area contributed by atoms with Crippen molar-refractivity contribution in [3.63, 3.8) is 0 Å². The Hall–Kier alpha value is -3.28. The van der Waals surface area contributed by atoms with Crippen LogP contribution >= 0.6 is 0 Å². The summed E-state index contributed by atoms with van der Waals surface area (Å²) in [5, 5.41) is 11.4. The number of aromatic nitrogens is 3. The molecule has 0 saturated heterocycles. The largest absolute Gasteiger partial charge is 0.339 e. The summed E-state index contributed by atoms with van der Waals surface area (Å²) >= 11 is 0. The Bertz CT molecular complexity index is 882. The molecule has 0 aliphatic heterocycles. The van der Waals surface area contributed by atoms with Gasteiger partial charge in [-0.2, -0.15) is 10.1 Å². The summed E-state index contributed by atoms with van der Waals surface area (Å²) < 4.78 is 0. The molecule has 0 atom stereocenters. The summed E-state index contributed by atoms with van der Waals surface area (Å²) in [7, 11) is 0. The van der Waals surface area contributed by atoms with Crippen LogP contribution in [0.2, 0.25) is 0 Å². The van der Waals surface area contributed by atoms with Gasteiger partial charge in [0, 0.05) is 24.3 Å². The van der Waals surface area contributed by atoms with E-state index in [4.69, 9.17) is 0 Å². The summed E-state index contributed by atoms with van der Waals surface area (Å²) in [5.74, 6) is 1.17. The van der Waals surface area contributed by atoms with Crippen LogP contribution in [-0.4, -0.2) is 27.5 Å². The van der Waals surface area contributed by atoms with Crippen LogP contribution in [-0.2, 0) is 6.54 Å². The summed E-state index contributed by atoms with van der Waals surface area (Å²) in [5.41, 5.74) is 2.62. The molecule has 0 amide bonds. The zero-order chi connectivity index (χ0) is 18.4. The monoisotopic (exact) mass is 347 g/mol. The van der Waals surface area contributed by atoms with E-state index < -0.39 is 0 Å². The molecule has 0 spiro atoms. The van der Waals surface area contributed by atoms with Crippen molar-refractivity contribution in [2.45, 2.75) is 20.4 Å². The number of carbonyl (C=O) groups is 1. The molecule has 3 aromatic rings. The smallest absolute Gasteiger partial charge is 0.247 e. The quantitative estimate of drug-likeness (QED) is 0.655. The number of anilines is 3. The fourth-order valence-electron chi connectivity index (χ4n) is 2.58. The maximum Gasteiger partial charge on any atom is 0.247 e. The molecule has 0 saturated carbocycles. The summed E-state index contributed by atoms with van der Waals surface area (Å²) in [4.78, 5) is 18.2.